The Kier molecular flexibility index (Phi) is 6.97. The van der Waals surface area contributed by atoms with E-state index >= 15 is 0 Å². The number of nitrogens with zero attached hydrogens (tertiary/aromatic N) is 1. The van der Waals surface area contributed by atoms with E-state index in [1.807, 2.05) is 13.0 Å². The van der Waals surface area contributed by atoms with Gasteiger partial charge in [-0.2, -0.15) is 0 Å². The lowest BCUT2D eigenvalue weighted by molar-refractivity contribution is -0.137. The lowest BCUT2D eigenvalue weighted by atomic mass is 10.1. The Hall–Kier alpha value is -1.29. The fourth-order valence-electron chi connectivity index (χ4n) is 2.78. The van der Waals surface area contributed by atoms with Crippen molar-refractivity contribution in [1.29, 1.82) is 0 Å². The first kappa shape index (κ1) is 17.1. The first-order chi connectivity index (χ1) is 10.7. The van der Waals surface area contributed by atoms with E-state index in [0.29, 0.717) is 6.61 Å². The number of carbonyl (C=O) groups excluding carboxylic acids is 1. The number of esters is 1. The first-order valence-electron chi connectivity index (χ1n) is 8.10. The summed E-state index contributed by atoms with van der Waals surface area (Å²) in [6.45, 7) is 4.39. The van der Waals surface area contributed by atoms with E-state index in [-0.39, 0.29) is 5.97 Å². The van der Waals surface area contributed by atoms with Crippen molar-refractivity contribution < 1.29 is 9.53 Å². The van der Waals surface area contributed by atoms with E-state index in [2.05, 4.69) is 39.0 Å². The number of ether oxygens (including phenoxy) is 1. The summed E-state index contributed by atoms with van der Waals surface area (Å²) in [6, 6.07) is 6.26. The minimum atomic E-state index is -0.291. The van der Waals surface area contributed by atoms with E-state index in [0.717, 1.165) is 23.1 Å². The Balaban J connectivity index is 2.20. The SMILES string of the molecule is CCOC(=O)C=Cc1cc(Br)ccc1N1CCCCCCC1. The summed E-state index contributed by atoms with van der Waals surface area (Å²) in [6.07, 6.45) is 9.80. The molecule has 1 fully saturated rings. The van der Waals surface area contributed by atoms with Crippen LogP contribution in [0.25, 0.3) is 6.08 Å². The summed E-state index contributed by atoms with van der Waals surface area (Å²) in [4.78, 5) is 14.0. The highest BCUT2D eigenvalue weighted by atomic mass is 79.9. The Morgan fingerprint density at radius 2 is 1.91 bits per heavy atom. The van der Waals surface area contributed by atoms with Crippen LogP contribution in [0.4, 0.5) is 5.69 Å². The van der Waals surface area contributed by atoms with Crippen LogP contribution in [0.3, 0.4) is 0 Å². The number of rotatable bonds is 4. The molecule has 0 spiro atoms. The van der Waals surface area contributed by atoms with E-state index in [1.54, 1.807) is 0 Å². The molecular weight excluding hydrogens is 342 g/mol. The molecule has 1 aromatic rings. The number of hydrogen-bond donors (Lipinski definition) is 0. The molecule has 0 atom stereocenters. The summed E-state index contributed by atoms with van der Waals surface area (Å²) in [5.41, 5.74) is 2.26. The number of carbonyl (C=O) groups is 1. The number of anilines is 1. The van der Waals surface area contributed by atoms with Gasteiger partial charge in [-0.05, 0) is 49.6 Å². The van der Waals surface area contributed by atoms with Gasteiger partial charge in [0.2, 0.25) is 0 Å². The topological polar surface area (TPSA) is 29.5 Å². The Morgan fingerprint density at radius 1 is 1.23 bits per heavy atom. The third-order valence-electron chi connectivity index (χ3n) is 3.87. The second-order valence-corrected chi connectivity index (χ2v) is 6.46. The van der Waals surface area contributed by atoms with Gasteiger partial charge in [0.15, 0.2) is 0 Å². The lowest BCUT2D eigenvalue weighted by Crippen LogP contribution is -2.27. The van der Waals surface area contributed by atoms with Gasteiger partial charge in [-0.3, -0.25) is 0 Å². The summed E-state index contributed by atoms with van der Waals surface area (Å²) in [5, 5.41) is 0. The van der Waals surface area contributed by atoms with E-state index in [9.17, 15) is 4.79 Å². The summed E-state index contributed by atoms with van der Waals surface area (Å²) in [7, 11) is 0. The molecule has 0 radical (unpaired) electrons. The molecule has 0 saturated carbocycles. The van der Waals surface area contributed by atoms with Gasteiger partial charge in [0.05, 0.1) is 6.61 Å². The molecule has 22 heavy (non-hydrogen) atoms. The van der Waals surface area contributed by atoms with Gasteiger partial charge in [-0.15, -0.1) is 0 Å². The van der Waals surface area contributed by atoms with Crippen molar-refractivity contribution >= 4 is 33.7 Å². The minimum Gasteiger partial charge on any atom is -0.463 e. The van der Waals surface area contributed by atoms with Gasteiger partial charge in [0.25, 0.3) is 0 Å². The molecule has 1 saturated heterocycles. The average Bonchev–Trinajstić information content (AvgIpc) is 2.46. The Bertz CT molecular complexity index is 520. The maximum absolute atomic E-state index is 11.6. The van der Waals surface area contributed by atoms with Crippen molar-refractivity contribution in [2.45, 2.75) is 39.0 Å². The first-order valence-corrected chi connectivity index (χ1v) is 8.89. The van der Waals surface area contributed by atoms with E-state index in [4.69, 9.17) is 4.74 Å². The Labute approximate surface area is 141 Å². The molecule has 2 rings (SSSR count). The predicted octanol–water partition coefficient (Wildman–Crippen LogP) is 4.80. The minimum absolute atomic E-state index is 0.291. The third-order valence-corrected chi connectivity index (χ3v) is 4.37. The van der Waals surface area contributed by atoms with E-state index < -0.39 is 0 Å². The second-order valence-electron chi connectivity index (χ2n) is 5.54. The molecule has 0 bridgehead atoms. The highest BCUT2D eigenvalue weighted by Crippen LogP contribution is 2.27. The van der Waals surface area contributed by atoms with Crippen LogP contribution in [0.2, 0.25) is 0 Å². The largest absolute Gasteiger partial charge is 0.463 e. The van der Waals surface area contributed by atoms with Gasteiger partial charge < -0.3 is 9.64 Å². The smallest absolute Gasteiger partial charge is 0.330 e. The lowest BCUT2D eigenvalue weighted by Gasteiger charge is -2.28. The quantitative estimate of drug-likeness (QED) is 0.567. The number of halogens is 1. The fourth-order valence-corrected chi connectivity index (χ4v) is 3.16. The van der Waals surface area contributed by atoms with Crippen LogP contribution in [-0.2, 0) is 9.53 Å². The third kappa shape index (κ3) is 5.16. The zero-order valence-electron chi connectivity index (χ0n) is 13.2. The van der Waals surface area contributed by atoms with Gasteiger partial charge in [-0.1, -0.05) is 35.2 Å². The molecule has 4 heteroatoms. The maximum Gasteiger partial charge on any atom is 0.330 e. The maximum atomic E-state index is 11.6. The van der Waals surface area contributed by atoms with Gasteiger partial charge in [-0.25, -0.2) is 4.79 Å². The molecule has 0 aromatic heterocycles. The molecular formula is C18H24BrNO2. The highest BCUT2D eigenvalue weighted by Gasteiger charge is 2.12. The molecule has 120 valence electrons. The van der Waals surface area contributed by atoms with Crippen molar-refractivity contribution in [3.63, 3.8) is 0 Å². The van der Waals surface area contributed by atoms with Crippen LogP contribution in [-0.4, -0.2) is 25.7 Å². The predicted molar refractivity (Wildman–Crippen MR) is 95.1 cm³/mol. The number of hydrogen-bond acceptors (Lipinski definition) is 3. The van der Waals surface area contributed by atoms with Crippen molar-refractivity contribution in [3.05, 3.63) is 34.3 Å². The van der Waals surface area contributed by atoms with Crippen LogP contribution in [0, 0.1) is 0 Å². The molecule has 1 aliphatic rings. The van der Waals surface area contributed by atoms with Gasteiger partial charge in [0, 0.05) is 29.3 Å². The summed E-state index contributed by atoms with van der Waals surface area (Å²) < 4.78 is 5.98. The molecule has 1 heterocycles. The van der Waals surface area contributed by atoms with Crippen LogP contribution >= 0.6 is 15.9 Å². The van der Waals surface area contributed by atoms with Crippen molar-refractivity contribution in [3.8, 4) is 0 Å². The molecule has 3 nitrogen and oxygen atoms in total. The van der Waals surface area contributed by atoms with Gasteiger partial charge in [0.1, 0.15) is 0 Å². The zero-order valence-corrected chi connectivity index (χ0v) is 14.8. The van der Waals surface area contributed by atoms with Crippen LogP contribution in [0.5, 0.6) is 0 Å². The summed E-state index contributed by atoms with van der Waals surface area (Å²) in [5.74, 6) is -0.291. The molecule has 0 amide bonds. The van der Waals surface area contributed by atoms with Crippen molar-refractivity contribution in [1.82, 2.24) is 0 Å². The van der Waals surface area contributed by atoms with Crippen molar-refractivity contribution in [2.24, 2.45) is 0 Å². The highest BCUT2D eigenvalue weighted by molar-refractivity contribution is 9.10. The van der Waals surface area contributed by atoms with Crippen LogP contribution in [0.15, 0.2) is 28.7 Å². The zero-order chi connectivity index (χ0) is 15.8. The van der Waals surface area contributed by atoms with Gasteiger partial charge >= 0.3 is 5.97 Å². The van der Waals surface area contributed by atoms with Crippen LogP contribution < -0.4 is 4.90 Å². The normalized spacial score (nSPS) is 16.4. The molecule has 0 unspecified atom stereocenters. The average molecular weight is 366 g/mol. The second kappa shape index (κ2) is 8.99. The summed E-state index contributed by atoms with van der Waals surface area (Å²) >= 11 is 3.52. The molecule has 1 aliphatic heterocycles. The van der Waals surface area contributed by atoms with Crippen molar-refractivity contribution in [2.75, 3.05) is 24.6 Å². The molecule has 0 aliphatic carbocycles. The van der Waals surface area contributed by atoms with E-state index in [1.165, 1.54) is 43.9 Å². The van der Waals surface area contributed by atoms with Crippen LogP contribution in [0.1, 0.15) is 44.6 Å². The fraction of sp³-hybridized carbons (Fsp3) is 0.500. The molecule has 0 N–H and O–H groups in total. The molecule has 1 aromatic carbocycles. The standard InChI is InChI=1S/C18H24BrNO2/c1-2-22-18(21)11-8-15-14-16(19)9-10-17(15)20-12-6-4-3-5-7-13-20/h8-11,14H,2-7,12-13H2,1H3. The number of benzene rings is 1. The Morgan fingerprint density at radius 3 is 2.59 bits per heavy atom. The monoisotopic (exact) mass is 365 g/mol.